The van der Waals surface area contributed by atoms with Crippen LogP contribution in [0.25, 0.3) is 0 Å². The van der Waals surface area contributed by atoms with Gasteiger partial charge in [-0.1, -0.05) is 6.58 Å². The Morgan fingerprint density at radius 1 is 1.10 bits per heavy atom. The maximum atomic E-state index is 13.1. The number of ether oxygens (including phenoxy) is 1. The molecule has 1 aliphatic heterocycles. The molecule has 5 nitrogen and oxygen atoms in total. The topological polar surface area (TPSA) is 53.6 Å². The number of nitrogens with zero attached hydrogens (tertiary/aromatic N) is 1. The Hall–Kier alpha value is -1.12. The van der Waals surface area contributed by atoms with Crippen LogP contribution in [0.5, 0.6) is 0 Å². The quantitative estimate of drug-likeness (QED) is 0.654. The second kappa shape index (κ2) is 8.55. The number of fused-ring (bicyclic) bond motifs is 1. The van der Waals surface area contributed by atoms with Gasteiger partial charge in [0.15, 0.2) is 0 Å². The van der Waals surface area contributed by atoms with Crippen molar-refractivity contribution in [1.29, 1.82) is 0 Å². The highest BCUT2D eigenvalue weighted by Gasteiger charge is 2.50. The lowest BCUT2D eigenvalue weighted by Crippen LogP contribution is -2.51. The van der Waals surface area contributed by atoms with Crippen LogP contribution in [0.3, 0.4) is 0 Å². The molecule has 0 spiro atoms. The minimum Gasteiger partial charge on any atom is -0.375 e. The molecule has 29 heavy (non-hydrogen) atoms. The van der Waals surface area contributed by atoms with Gasteiger partial charge in [0.05, 0.1) is 18.1 Å². The SMILES string of the molecule is C=CC(=O)NCC1NN(C2CCC(C(F)(F)F)CC2)C2CC(OC3CC3)CCC12. The third-order valence-corrected chi connectivity index (χ3v) is 7.15. The molecule has 4 fully saturated rings. The molecule has 4 aliphatic rings. The molecule has 4 atom stereocenters. The molecule has 0 radical (unpaired) electrons. The first-order valence-electron chi connectivity index (χ1n) is 11.0. The van der Waals surface area contributed by atoms with Crippen LogP contribution < -0.4 is 10.7 Å². The van der Waals surface area contributed by atoms with Gasteiger partial charge in [-0.25, -0.2) is 10.4 Å². The van der Waals surface area contributed by atoms with Crippen LogP contribution in [0.1, 0.15) is 57.8 Å². The summed E-state index contributed by atoms with van der Waals surface area (Å²) in [5.74, 6) is -0.991. The predicted molar refractivity (Wildman–Crippen MR) is 103 cm³/mol. The van der Waals surface area contributed by atoms with Crippen LogP contribution in [-0.4, -0.2) is 54.0 Å². The number of hydrogen-bond donors (Lipinski definition) is 2. The van der Waals surface area contributed by atoms with E-state index in [0.717, 1.165) is 32.1 Å². The number of amides is 1. The molecule has 1 saturated heterocycles. The first-order chi connectivity index (χ1) is 13.8. The number of hydrazine groups is 1. The minimum absolute atomic E-state index is 0.103. The van der Waals surface area contributed by atoms with Gasteiger partial charge in [-0.05, 0) is 69.8 Å². The zero-order chi connectivity index (χ0) is 20.6. The maximum absolute atomic E-state index is 13.1. The van der Waals surface area contributed by atoms with Gasteiger partial charge in [0.25, 0.3) is 0 Å². The summed E-state index contributed by atoms with van der Waals surface area (Å²) in [5.41, 5.74) is 3.57. The standard InChI is InChI=1S/C21H32F3N3O2/c1-2-20(28)25-12-18-17-10-9-16(29-15-7-8-15)11-19(17)27(26-18)14-5-3-13(4-6-14)21(22,23)24/h2,13-19,26H,1,3-12H2,(H,25,28). The lowest BCUT2D eigenvalue weighted by atomic mass is 9.78. The number of alkyl halides is 3. The Morgan fingerprint density at radius 3 is 2.41 bits per heavy atom. The molecule has 0 aromatic heterocycles. The van der Waals surface area contributed by atoms with Crippen molar-refractivity contribution in [1.82, 2.24) is 15.8 Å². The second-order valence-electron chi connectivity index (χ2n) is 9.14. The smallest absolute Gasteiger partial charge is 0.375 e. The summed E-state index contributed by atoms with van der Waals surface area (Å²) < 4.78 is 45.4. The molecule has 0 aromatic rings. The number of halogens is 3. The average molecular weight is 416 g/mol. The van der Waals surface area contributed by atoms with Gasteiger partial charge in [0, 0.05) is 24.7 Å². The second-order valence-corrected chi connectivity index (χ2v) is 9.14. The van der Waals surface area contributed by atoms with Crippen molar-refractivity contribution in [3.63, 3.8) is 0 Å². The van der Waals surface area contributed by atoms with Crippen molar-refractivity contribution in [2.24, 2.45) is 11.8 Å². The molecule has 4 unspecified atom stereocenters. The predicted octanol–water partition coefficient (Wildman–Crippen LogP) is 3.31. The number of carbonyl (C=O) groups excluding carboxylic acids is 1. The Morgan fingerprint density at radius 2 is 1.79 bits per heavy atom. The van der Waals surface area contributed by atoms with E-state index in [1.54, 1.807) is 0 Å². The van der Waals surface area contributed by atoms with Gasteiger partial charge in [-0.2, -0.15) is 13.2 Å². The highest BCUT2D eigenvalue weighted by molar-refractivity contribution is 5.86. The van der Waals surface area contributed by atoms with Gasteiger partial charge in [0.2, 0.25) is 5.91 Å². The average Bonchev–Trinajstić information content (AvgIpc) is 3.44. The van der Waals surface area contributed by atoms with E-state index in [1.165, 1.54) is 6.08 Å². The summed E-state index contributed by atoms with van der Waals surface area (Å²) in [6.45, 7) is 4.00. The van der Waals surface area contributed by atoms with E-state index in [0.29, 0.717) is 31.4 Å². The van der Waals surface area contributed by atoms with Crippen molar-refractivity contribution in [2.45, 2.75) is 94.3 Å². The summed E-state index contributed by atoms with van der Waals surface area (Å²) in [4.78, 5) is 11.6. The molecule has 3 aliphatic carbocycles. The third-order valence-electron chi connectivity index (χ3n) is 7.15. The van der Waals surface area contributed by atoms with Crippen molar-refractivity contribution in [3.05, 3.63) is 12.7 Å². The molecule has 0 bridgehead atoms. The number of nitrogens with one attached hydrogen (secondary N) is 2. The fourth-order valence-corrected chi connectivity index (χ4v) is 5.44. The van der Waals surface area contributed by atoms with Crippen LogP contribution in [0, 0.1) is 11.8 Å². The van der Waals surface area contributed by atoms with E-state index in [-0.39, 0.29) is 43.0 Å². The molecule has 3 saturated carbocycles. The maximum Gasteiger partial charge on any atom is 0.391 e. The molecule has 164 valence electrons. The monoisotopic (exact) mass is 415 g/mol. The van der Waals surface area contributed by atoms with E-state index in [2.05, 4.69) is 22.3 Å². The molecule has 8 heteroatoms. The summed E-state index contributed by atoms with van der Waals surface area (Å²) in [6, 6.07) is 0.470. The van der Waals surface area contributed by atoms with Gasteiger partial charge in [0.1, 0.15) is 0 Å². The Labute approximate surface area is 170 Å². The Bertz CT molecular complexity index is 602. The first kappa shape index (κ1) is 21.1. The minimum atomic E-state index is -4.09. The highest BCUT2D eigenvalue weighted by atomic mass is 19.4. The molecule has 2 N–H and O–H groups in total. The van der Waals surface area contributed by atoms with E-state index in [1.807, 2.05) is 0 Å². The highest BCUT2D eigenvalue weighted by Crippen LogP contribution is 2.43. The fourth-order valence-electron chi connectivity index (χ4n) is 5.44. The number of rotatable bonds is 6. The first-order valence-corrected chi connectivity index (χ1v) is 11.0. The van der Waals surface area contributed by atoms with Crippen LogP contribution in [0.4, 0.5) is 13.2 Å². The van der Waals surface area contributed by atoms with Gasteiger partial charge >= 0.3 is 6.18 Å². The van der Waals surface area contributed by atoms with Gasteiger partial charge in [-0.15, -0.1) is 0 Å². The van der Waals surface area contributed by atoms with Crippen molar-refractivity contribution in [3.8, 4) is 0 Å². The normalized spacial score (nSPS) is 38.4. The molecule has 0 aromatic carbocycles. The third kappa shape index (κ3) is 4.97. The van der Waals surface area contributed by atoms with Crippen molar-refractivity contribution in [2.75, 3.05) is 6.54 Å². The number of hydrogen-bond acceptors (Lipinski definition) is 4. The Kier molecular flexibility index (Phi) is 6.23. The van der Waals surface area contributed by atoms with Gasteiger partial charge < -0.3 is 10.1 Å². The van der Waals surface area contributed by atoms with Gasteiger partial charge in [-0.3, -0.25) is 4.79 Å². The molecular weight excluding hydrogens is 383 g/mol. The largest absolute Gasteiger partial charge is 0.391 e. The van der Waals surface area contributed by atoms with E-state index in [9.17, 15) is 18.0 Å². The zero-order valence-corrected chi connectivity index (χ0v) is 16.8. The van der Waals surface area contributed by atoms with E-state index < -0.39 is 12.1 Å². The van der Waals surface area contributed by atoms with Crippen LogP contribution >= 0.6 is 0 Å². The summed E-state index contributed by atoms with van der Waals surface area (Å²) in [7, 11) is 0. The summed E-state index contributed by atoms with van der Waals surface area (Å²) in [5, 5.41) is 5.13. The lowest BCUT2D eigenvalue weighted by molar-refractivity contribution is -0.185. The molecular formula is C21H32F3N3O2. The van der Waals surface area contributed by atoms with Crippen LogP contribution in [0.15, 0.2) is 12.7 Å². The molecule has 4 rings (SSSR count). The van der Waals surface area contributed by atoms with Crippen LogP contribution in [0.2, 0.25) is 0 Å². The molecule has 1 heterocycles. The fraction of sp³-hybridized carbons (Fsp3) is 0.857. The zero-order valence-electron chi connectivity index (χ0n) is 16.8. The van der Waals surface area contributed by atoms with Crippen molar-refractivity contribution < 1.29 is 22.7 Å². The van der Waals surface area contributed by atoms with Crippen LogP contribution in [-0.2, 0) is 9.53 Å². The summed E-state index contributed by atoms with van der Waals surface area (Å²) >= 11 is 0. The summed E-state index contributed by atoms with van der Waals surface area (Å²) in [6.07, 6.45) is 4.56. The van der Waals surface area contributed by atoms with Crippen molar-refractivity contribution >= 4 is 5.91 Å². The van der Waals surface area contributed by atoms with E-state index in [4.69, 9.17) is 4.74 Å². The Balaban J connectivity index is 1.41. The number of carbonyl (C=O) groups is 1. The molecule has 1 amide bonds. The lowest BCUT2D eigenvalue weighted by Gasteiger charge is -2.41. The van der Waals surface area contributed by atoms with E-state index >= 15 is 0 Å².